The quantitative estimate of drug-likeness (QED) is 0.716. The largest absolute Gasteiger partial charge is 0.337 e. The second-order valence-corrected chi connectivity index (χ2v) is 6.05. The van der Waals surface area contributed by atoms with Crippen molar-refractivity contribution in [3.05, 3.63) is 42.0 Å². The maximum atomic E-state index is 12.9. The molecule has 0 N–H and O–H groups in total. The van der Waals surface area contributed by atoms with Crippen molar-refractivity contribution in [1.82, 2.24) is 4.90 Å². The summed E-state index contributed by atoms with van der Waals surface area (Å²) in [5.41, 5.74) is 0.902. The molecule has 0 saturated carbocycles. The van der Waals surface area contributed by atoms with E-state index in [9.17, 15) is 19.6 Å². The van der Waals surface area contributed by atoms with Gasteiger partial charge in [0, 0.05) is 12.6 Å². The number of amides is 3. The van der Waals surface area contributed by atoms with E-state index in [1.54, 1.807) is 43.5 Å². The van der Waals surface area contributed by atoms with Gasteiger partial charge < -0.3 is 4.90 Å². The number of fused-ring (bicyclic) bond motifs is 1. The van der Waals surface area contributed by atoms with Crippen LogP contribution in [0.4, 0.5) is 5.69 Å². The third kappa shape index (κ3) is 1.59. The molecule has 2 bridgehead atoms. The fourth-order valence-corrected chi connectivity index (χ4v) is 3.99. The highest BCUT2D eigenvalue weighted by Gasteiger charge is 2.63. The van der Waals surface area contributed by atoms with Crippen molar-refractivity contribution in [3.63, 3.8) is 0 Å². The molecule has 0 radical (unpaired) electrons. The lowest BCUT2D eigenvalue weighted by Crippen LogP contribution is -2.59. The van der Waals surface area contributed by atoms with Gasteiger partial charge in [-0.1, -0.05) is 24.3 Å². The minimum absolute atomic E-state index is 0.202. The highest BCUT2D eigenvalue weighted by Crippen LogP contribution is 2.48. The molecule has 2 fully saturated rings. The first-order valence-corrected chi connectivity index (χ1v) is 7.37. The Morgan fingerprint density at radius 3 is 2.30 bits per heavy atom. The Labute approximate surface area is 132 Å². The van der Waals surface area contributed by atoms with Crippen LogP contribution in [0.15, 0.2) is 42.0 Å². The molecule has 4 atom stereocenters. The van der Waals surface area contributed by atoms with Crippen LogP contribution < -0.4 is 4.90 Å². The van der Waals surface area contributed by atoms with E-state index in [1.807, 2.05) is 0 Å². The van der Waals surface area contributed by atoms with Crippen molar-refractivity contribution in [3.8, 4) is 6.07 Å². The number of hydrogen-bond acceptors (Lipinski definition) is 4. The summed E-state index contributed by atoms with van der Waals surface area (Å²) in [5, 5.41) is 9.31. The molecule has 0 unspecified atom stereocenters. The number of likely N-dealkylation sites (N-methyl/N-ethyl adjacent to an activating group) is 1. The van der Waals surface area contributed by atoms with Crippen LogP contribution >= 0.6 is 0 Å². The predicted octanol–water partition coefficient (Wildman–Crippen LogP) is 0.713. The summed E-state index contributed by atoms with van der Waals surface area (Å²) in [4.78, 5) is 40.7. The molecular weight excluding hydrogens is 294 g/mol. The lowest BCUT2D eigenvalue weighted by molar-refractivity contribution is -0.149. The van der Waals surface area contributed by atoms with Crippen LogP contribution in [0.2, 0.25) is 0 Å². The van der Waals surface area contributed by atoms with E-state index in [4.69, 9.17) is 0 Å². The van der Waals surface area contributed by atoms with Crippen LogP contribution in [-0.2, 0) is 14.4 Å². The number of hydrogen-bond donors (Lipinski definition) is 0. The molecule has 6 nitrogen and oxygen atoms in total. The van der Waals surface area contributed by atoms with Crippen LogP contribution in [0.3, 0.4) is 0 Å². The summed E-state index contributed by atoms with van der Waals surface area (Å²) in [6.45, 7) is 0. The van der Waals surface area contributed by atoms with Gasteiger partial charge in [-0.05, 0) is 12.1 Å². The van der Waals surface area contributed by atoms with Gasteiger partial charge in [-0.3, -0.25) is 14.4 Å². The van der Waals surface area contributed by atoms with Crippen molar-refractivity contribution in [2.75, 3.05) is 11.9 Å². The first-order chi connectivity index (χ1) is 11.1. The monoisotopic (exact) mass is 307 g/mol. The maximum Gasteiger partial charge on any atom is 0.240 e. The maximum absolute atomic E-state index is 12.9. The zero-order valence-electron chi connectivity index (χ0n) is 12.3. The summed E-state index contributed by atoms with van der Waals surface area (Å²) in [5.74, 6) is -2.98. The molecule has 114 valence electrons. The topological polar surface area (TPSA) is 81.5 Å². The van der Waals surface area contributed by atoms with Crippen LogP contribution in [0, 0.1) is 29.1 Å². The zero-order valence-corrected chi connectivity index (χ0v) is 12.3. The molecule has 0 spiro atoms. The first-order valence-electron chi connectivity index (χ1n) is 7.37. The van der Waals surface area contributed by atoms with E-state index in [0.29, 0.717) is 11.3 Å². The Kier molecular flexibility index (Phi) is 2.70. The molecule has 23 heavy (non-hydrogen) atoms. The molecule has 0 aromatic heterocycles. The van der Waals surface area contributed by atoms with Crippen LogP contribution in [0.1, 0.15) is 0 Å². The smallest absolute Gasteiger partial charge is 0.240 e. The first kappa shape index (κ1) is 13.7. The van der Waals surface area contributed by atoms with Crippen molar-refractivity contribution < 1.29 is 14.4 Å². The second-order valence-electron chi connectivity index (χ2n) is 6.05. The summed E-state index contributed by atoms with van der Waals surface area (Å²) >= 11 is 0. The number of carbonyl (C=O) groups is 3. The number of piperidine rings is 1. The summed E-state index contributed by atoms with van der Waals surface area (Å²) in [6, 6.07) is 10.1. The summed E-state index contributed by atoms with van der Waals surface area (Å²) in [6.07, 6.45) is 1.56. The minimum Gasteiger partial charge on any atom is -0.337 e. The van der Waals surface area contributed by atoms with E-state index < -0.39 is 23.8 Å². The van der Waals surface area contributed by atoms with Gasteiger partial charge in [0.1, 0.15) is 0 Å². The Hall–Kier alpha value is -2.94. The standard InChI is InChI=1S/C17H13N3O3/c1-19-14-9(8-18)7-11(15(19)21)12-13(14)17(23)20(16(12)22)10-5-3-2-4-6-10/h2-7,11-14H,1H3/t11-,12+,13+,14+/m1/s1. The average molecular weight is 307 g/mol. The molecule has 3 aliphatic heterocycles. The highest BCUT2D eigenvalue weighted by molar-refractivity contribution is 6.24. The van der Waals surface area contributed by atoms with E-state index >= 15 is 0 Å². The molecule has 4 aliphatic rings. The van der Waals surface area contributed by atoms with Crippen molar-refractivity contribution in [2.45, 2.75) is 6.04 Å². The molecule has 1 aromatic carbocycles. The van der Waals surface area contributed by atoms with Gasteiger partial charge >= 0.3 is 0 Å². The number of imide groups is 1. The van der Waals surface area contributed by atoms with Gasteiger partial charge in [0.15, 0.2) is 0 Å². The molecule has 2 saturated heterocycles. The Morgan fingerprint density at radius 2 is 1.65 bits per heavy atom. The third-order valence-corrected chi connectivity index (χ3v) is 5.00. The lowest BCUT2D eigenvalue weighted by Gasteiger charge is -2.45. The number of rotatable bonds is 1. The van der Waals surface area contributed by atoms with E-state index in [2.05, 4.69) is 6.07 Å². The predicted molar refractivity (Wildman–Crippen MR) is 79.7 cm³/mol. The van der Waals surface area contributed by atoms with Gasteiger partial charge in [0.05, 0.1) is 35.6 Å². The normalized spacial score (nSPS) is 32.0. The number of nitrogens with zero attached hydrogens (tertiary/aromatic N) is 3. The number of para-hydroxylation sites is 1. The number of nitriles is 1. The molecule has 3 heterocycles. The summed E-state index contributed by atoms with van der Waals surface area (Å²) in [7, 11) is 1.59. The Bertz CT molecular complexity index is 808. The van der Waals surface area contributed by atoms with Crippen molar-refractivity contribution in [2.24, 2.45) is 17.8 Å². The minimum atomic E-state index is -0.727. The average Bonchev–Trinajstić information content (AvgIpc) is 2.84. The lowest BCUT2D eigenvalue weighted by atomic mass is 9.67. The van der Waals surface area contributed by atoms with E-state index in [-0.39, 0.29) is 17.7 Å². The van der Waals surface area contributed by atoms with Gasteiger partial charge in [-0.2, -0.15) is 5.26 Å². The Morgan fingerprint density at radius 1 is 1.00 bits per heavy atom. The van der Waals surface area contributed by atoms with Crippen LogP contribution in [-0.4, -0.2) is 35.7 Å². The van der Waals surface area contributed by atoms with Crippen LogP contribution in [0.5, 0.6) is 0 Å². The van der Waals surface area contributed by atoms with Crippen molar-refractivity contribution in [1.29, 1.82) is 5.26 Å². The highest BCUT2D eigenvalue weighted by atomic mass is 16.2. The fraction of sp³-hybridized carbons (Fsp3) is 0.294. The molecule has 1 aromatic rings. The molecule has 1 aliphatic carbocycles. The third-order valence-electron chi connectivity index (χ3n) is 5.00. The van der Waals surface area contributed by atoms with Crippen molar-refractivity contribution >= 4 is 23.4 Å². The zero-order chi connectivity index (χ0) is 16.3. The SMILES string of the molecule is CN1C(=O)[C@@H]2C=C(C#N)[C@H]1[C@H]1C(=O)N(c3ccccc3)C(=O)[C@H]12. The van der Waals surface area contributed by atoms with Gasteiger partial charge in [0.25, 0.3) is 0 Å². The summed E-state index contributed by atoms with van der Waals surface area (Å²) < 4.78 is 0. The van der Waals surface area contributed by atoms with Gasteiger partial charge in [0.2, 0.25) is 17.7 Å². The second kappa shape index (κ2) is 4.53. The molecular formula is C17H13N3O3. The fourth-order valence-electron chi connectivity index (χ4n) is 3.99. The number of carbonyl (C=O) groups excluding carboxylic acids is 3. The number of anilines is 1. The van der Waals surface area contributed by atoms with E-state index in [0.717, 1.165) is 4.90 Å². The van der Waals surface area contributed by atoms with Gasteiger partial charge in [-0.25, -0.2) is 4.90 Å². The van der Waals surface area contributed by atoms with Crippen LogP contribution in [0.25, 0.3) is 0 Å². The molecule has 5 rings (SSSR count). The molecule has 6 heteroatoms. The molecule has 3 amide bonds. The Balaban J connectivity index is 1.84. The number of benzene rings is 1. The van der Waals surface area contributed by atoms with E-state index in [1.165, 1.54) is 4.90 Å². The van der Waals surface area contributed by atoms with Gasteiger partial charge in [-0.15, -0.1) is 0 Å².